The van der Waals surface area contributed by atoms with Gasteiger partial charge >= 0.3 is 0 Å². The molecule has 0 saturated heterocycles. The van der Waals surface area contributed by atoms with Gasteiger partial charge in [-0.3, -0.25) is 0 Å². The molecule has 3 aromatic rings. The van der Waals surface area contributed by atoms with E-state index >= 15 is 0 Å². The maximum absolute atomic E-state index is 4.34. The fourth-order valence-electron chi connectivity index (χ4n) is 1.60. The summed E-state index contributed by atoms with van der Waals surface area (Å²) in [7, 11) is 0. The van der Waals surface area contributed by atoms with Crippen LogP contribution in [0, 0.1) is 6.92 Å². The summed E-state index contributed by atoms with van der Waals surface area (Å²) in [5.74, 6) is 0. The van der Waals surface area contributed by atoms with Crippen LogP contribution in [0.4, 0.5) is 0 Å². The van der Waals surface area contributed by atoms with Crippen molar-refractivity contribution in [2.24, 2.45) is 0 Å². The summed E-state index contributed by atoms with van der Waals surface area (Å²) in [6, 6.07) is 12.7. The van der Waals surface area contributed by atoms with E-state index in [0.717, 1.165) is 5.69 Å². The van der Waals surface area contributed by atoms with Crippen LogP contribution >= 0.6 is 22.9 Å². The number of hydrogen-bond acceptors (Lipinski definition) is 3. The Morgan fingerprint density at radius 3 is 2.67 bits per heavy atom. The highest BCUT2D eigenvalue weighted by Crippen LogP contribution is 2.36. The van der Waals surface area contributed by atoms with E-state index in [9.17, 15) is 0 Å². The van der Waals surface area contributed by atoms with Crippen LogP contribution in [-0.2, 0) is 0 Å². The molecule has 3 rings (SSSR count). The molecule has 74 valence electrons. The van der Waals surface area contributed by atoms with Crippen LogP contribution in [0.2, 0.25) is 0 Å². The Hall–Kier alpha value is -1.19. The van der Waals surface area contributed by atoms with E-state index in [4.69, 9.17) is 0 Å². The summed E-state index contributed by atoms with van der Waals surface area (Å²) in [6.07, 6.45) is 0. The molecule has 2 aromatic heterocycles. The average molecular weight is 231 g/mol. The van der Waals surface area contributed by atoms with Crippen molar-refractivity contribution >= 4 is 32.3 Å². The second-order valence-corrected chi connectivity index (χ2v) is 5.30. The minimum Gasteiger partial charge on any atom is -0.196 e. The van der Waals surface area contributed by atoms with E-state index in [1.54, 1.807) is 11.5 Å². The zero-order chi connectivity index (χ0) is 10.3. The first kappa shape index (κ1) is 9.07. The Kier molecular flexibility index (Phi) is 2.08. The predicted molar refractivity (Wildman–Crippen MR) is 67.7 cm³/mol. The summed E-state index contributed by atoms with van der Waals surface area (Å²) in [4.78, 5) is 1.34. The highest BCUT2D eigenvalue weighted by Gasteiger charge is 2.08. The molecule has 0 unspecified atom stereocenters. The first-order chi connectivity index (χ1) is 7.34. The quantitative estimate of drug-likeness (QED) is 0.607. The molecule has 0 saturated carbocycles. The number of hydrogen-bond donors (Lipinski definition) is 0. The molecule has 0 aliphatic rings. The fourth-order valence-corrected chi connectivity index (χ4v) is 3.70. The molecule has 2 heterocycles. The molecule has 15 heavy (non-hydrogen) atoms. The summed E-state index contributed by atoms with van der Waals surface area (Å²) in [5, 5.41) is 0. The standard InChI is InChI=1S/C12H9NS2/c1-8-12-11(15-13-8)7-10(14-12)9-5-3-2-4-6-9/h2-7H,1H3. The van der Waals surface area contributed by atoms with Crippen molar-refractivity contribution < 1.29 is 0 Å². The molecule has 0 bridgehead atoms. The lowest BCUT2D eigenvalue weighted by molar-refractivity contribution is 1.38. The Labute approximate surface area is 96.2 Å². The molecule has 3 heteroatoms. The van der Waals surface area contributed by atoms with E-state index in [-0.39, 0.29) is 0 Å². The molecular weight excluding hydrogens is 222 g/mol. The number of rotatable bonds is 1. The fraction of sp³-hybridized carbons (Fsp3) is 0.0833. The molecule has 0 spiro atoms. The van der Waals surface area contributed by atoms with Crippen LogP contribution in [0.15, 0.2) is 36.4 Å². The Balaban J connectivity index is 2.20. The monoisotopic (exact) mass is 231 g/mol. The molecule has 1 aromatic carbocycles. The lowest BCUT2D eigenvalue weighted by Crippen LogP contribution is -1.68. The summed E-state index contributed by atoms with van der Waals surface area (Å²) in [6.45, 7) is 2.07. The normalized spacial score (nSPS) is 11.0. The first-order valence-electron chi connectivity index (χ1n) is 4.76. The minimum atomic E-state index is 1.15. The van der Waals surface area contributed by atoms with Crippen molar-refractivity contribution in [3.63, 3.8) is 0 Å². The van der Waals surface area contributed by atoms with E-state index in [1.807, 2.05) is 17.4 Å². The maximum Gasteiger partial charge on any atom is 0.0689 e. The van der Waals surface area contributed by atoms with E-state index in [0.29, 0.717) is 0 Å². The third-order valence-corrected chi connectivity index (χ3v) is 4.67. The molecule has 0 N–H and O–H groups in total. The van der Waals surface area contributed by atoms with Crippen molar-refractivity contribution in [3.05, 3.63) is 42.1 Å². The van der Waals surface area contributed by atoms with Crippen LogP contribution in [0.3, 0.4) is 0 Å². The predicted octanol–water partition coefficient (Wildman–Crippen LogP) is 4.33. The maximum atomic E-state index is 4.34. The van der Waals surface area contributed by atoms with E-state index < -0.39 is 0 Å². The molecule has 0 atom stereocenters. The van der Waals surface area contributed by atoms with Gasteiger partial charge in [-0.05, 0) is 30.1 Å². The molecule has 0 aliphatic carbocycles. The second-order valence-electron chi connectivity index (χ2n) is 3.44. The van der Waals surface area contributed by atoms with E-state index in [1.165, 1.54) is 19.8 Å². The second kappa shape index (κ2) is 3.43. The molecule has 0 amide bonds. The lowest BCUT2D eigenvalue weighted by Gasteiger charge is -1.93. The Morgan fingerprint density at radius 2 is 1.93 bits per heavy atom. The van der Waals surface area contributed by atoms with Crippen LogP contribution in [-0.4, -0.2) is 4.37 Å². The van der Waals surface area contributed by atoms with Gasteiger partial charge in [0.15, 0.2) is 0 Å². The summed E-state index contributed by atoms with van der Waals surface area (Å²) in [5.41, 5.74) is 2.45. The van der Waals surface area contributed by atoms with Gasteiger partial charge in [-0.2, -0.15) is 4.37 Å². The Bertz CT molecular complexity index is 592. The van der Waals surface area contributed by atoms with Gasteiger partial charge in [0, 0.05) is 4.88 Å². The Morgan fingerprint density at radius 1 is 1.13 bits per heavy atom. The van der Waals surface area contributed by atoms with Crippen LogP contribution in [0.25, 0.3) is 19.8 Å². The van der Waals surface area contributed by atoms with Crippen LogP contribution in [0.1, 0.15) is 5.69 Å². The molecule has 0 fully saturated rings. The van der Waals surface area contributed by atoms with Crippen LogP contribution < -0.4 is 0 Å². The largest absolute Gasteiger partial charge is 0.196 e. The first-order valence-corrected chi connectivity index (χ1v) is 6.35. The van der Waals surface area contributed by atoms with E-state index in [2.05, 4.69) is 41.6 Å². The zero-order valence-corrected chi connectivity index (χ0v) is 9.86. The smallest absolute Gasteiger partial charge is 0.0689 e. The highest BCUT2D eigenvalue weighted by molar-refractivity contribution is 7.27. The SMILES string of the molecule is Cc1nsc2cc(-c3ccccc3)sc12. The van der Waals surface area contributed by atoms with Gasteiger partial charge in [0.05, 0.1) is 15.1 Å². The average Bonchev–Trinajstić information content (AvgIpc) is 2.83. The summed E-state index contributed by atoms with van der Waals surface area (Å²) >= 11 is 3.42. The third-order valence-electron chi connectivity index (χ3n) is 2.37. The topological polar surface area (TPSA) is 12.9 Å². The van der Waals surface area contributed by atoms with Crippen molar-refractivity contribution in [3.8, 4) is 10.4 Å². The van der Waals surface area contributed by atoms with Crippen molar-refractivity contribution in [2.75, 3.05) is 0 Å². The van der Waals surface area contributed by atoms with Crippen LogP contribution in [0.5, 0.6) is 0 Å². The van der Waals surface area contributed by atoms with Crippen molar-refractivity contribution in [1.82, 2.24) is 4.37 Å². The number of benzene rings is 1. The van der Waals surface area contributed by atoms with Gasteiger partial charge in [0.2, 0.25) is 0 Å². The third kappa shape index (κ3) is 1.48. The van der Waals surface area contributed by atoms with Gasteiger partial charge in [-0.15, -0.1) is 11.3 Å². The van der Waals surface area contributed by atoms with Gasteiger partial charge < -0.3 is 0 Å². The van der Waals surface area contributed by atoms with Gasteiger partial charge in [-0.1, -0.05) is 30.3 Å². The molecule has 0 radical (unpaired) electrons. The molecule has 0 aliphatic heterocycles. The zero-order valence-electron chi connectivity index (χ0n) is 8.23. The number of fused-ring (bicyclic) bond motifs is 1. The number of aryl methyl sites for hydroxylation is 1. The molecular formula is C12H9NS2. The lowest BCUT2D eigenvalue weighted by atomic mass is 10.2. The van der Waals surface area contributed by atoms with Crippen molar-refractivity contribution in [1.29, 1.82) is 0 Å². The number of nitrogens with zero attached hydrogens (tertiary/aromatic N) is 1. The number of aromatic nitrogens is 1. The van der Waals surface area contributed by atoms with Gasteiger partial charge in [0.25, 0.3) is 0 Å². The molecule has 1 nitrogen and oxygen atoms in total. The number of thiophene rings is 1. The highest BCUT2D eigenvalue weighted by atomic mass is 32.1. The van der Waals surface area contributed by atoms with Crippen molar-refractivity contribution in [2.45, 2.75) is 6.92 Å². The summed E-state index contributed by atoms with van der Waals surface area (Å²) < 4.78 is 6.98. The van der Waals surface area contributed by atoms with Gasteiger partial charge in [0.1, 0.15) is 0 Å². The minimum absolute atomic E-state index is 1.15. The van der Waals surface area contributed by atoms with Gasteiger partial charge in [-0.25, -0.2) is 0 Å².